The van der Waals surface area contributed by atoms with Crippen LogP contribution in [0.4, 0.5) is 0 Å². The molecule has 132 valence electrons. The molecule has 0 spiro atoms. The molecule has 0 radical (unpaired) electrons. The van der Waals surface area contributed by atoms with Gasteiger partial charge in [-0.2, -0.15) is 5.26 Å². The van der Waals surface area contributed by atoms with Crippen LogP contribution in [0, 0.1) is 28.6 Å². The van der Waals surface area contributed by atoms with Crippen LogP contribution in [0.1, 0.15) is 84.5 Å². The Morgan fingerprint density at radius 3 is 2.17 bits per heavy atom. The van der Waals surface area contributed by atoms with E-state index >= 15 is 0 Å². The molecule has 3 nitrogen and oxygen atoms in total. The largest absolute Gasteiger partial charge is 0.351 e. The van der Waals surface area contributed by atoms with E-state index in [1.807, 2.05) is 0 Å². The minimum Gasteiger partial charge on any atom is -0.351 e. The fraction of sp³-hybridized carbons (Fsp3) is 0.950. The van der Waals surface area contributed by atoms with Crippen molar-refractivity contribution in [2.24, 2.45) is 17.3 Å². The van der Waals surface area contributed by atoms with E-state index < -0.39 is 5.41 Å². The molecular weight excluding hydrogens is 286 g/mol. The summed E-state index contributed by atoms with van der Waals surface area (Å²) in [6.45, 7) is 5.99. The summed E-state index contributed by atoms with van der Waals surface area (Å²) < 4.78 is 12.0. The van der Waals surface area contributed by atoms with Crippen LogP contribution in [0.25, 0.3) is 0 Å². The molecule has 0 aromatic heterocycles. The topological polar surface area (TPSA) is 42.2 Å². The van der Waals surface area contributed by atoms with Gasteiger partial charge in [0, 0.05) is 5.92 Å². The molecule has 1 saturated carbocycles. The summed E-state index contributed by atoms with van der Waals surface area (Å²) in [6.07, 6.45) is 13.0. The van der Waals surface area contributed by atoms with Crippen molar-refractivity contribution in [3.63, 3.8) is 0 Å². The number of ether oxygens (including phenoxy) is 2. The molecule has 1 aliphatic carbocycles. The van der Waals surface area contributed by atoms with E-state index in [2.05, 4.69) is 19.9 Å². The third kappa shape index (κ3) is 5.19. The molecule has 1 aliphatic heterocycles. The highest BCUT2D eigenvalue weighted by molar-refractivity contribution is 5.04. The number of nitrogens with zero attached hydrogens (tertiary/aromatic N) is 1. The van der Waals surface area contributed by atoms with E-state index in [0.717, 1.165) is 38.4 Å². The van der Waals surface area contributed by atoms with Gasteiger partial charge in [-0.15, -0.1) is 0 Å². The van der Waals surface area contributed by atoms with Gasteiger partial charge in [0.05, 0.1) is 19.3 Å². The van der Waals surface area contributed by atoms with Crippen molar-refractivity contribution in [1.29, 1.82) is 5.26 Å². The first-order chi connectivity index (χ1) is 11.2. The van der Waals surface area contributed by atoms with Gasteiger partial charge < -0.3 is 9.47 Å². The van der Waals surface area contributed by atoms with Gasteiger partial charge in [0.15, 0.2) is 6.29 Å². The highest BCUT2D eigenvalue weighted by Gasteiger charge is 2.45. The van der Waals surface area contributed by atoms with Crippen LogP contribution < -0.4 is 0 Å². The Morgan fingerprint density at radius 2 is 1.61 bits per heavy atom. The first-order valence-electron chi connectivity index (χ1n) is 9.88. The lowest BCUT2D eigenvalue weighted by atomic mass is 9.69. The van der Waals surface area contributed by atoms with E-state index in [-0.39, 0.29) is 6.29 Å². The van der Waals surface area contributed by atoms with Crippen molar-refractivity contribution < 1.29 is 9.47 Å². The summed E-state index contributed by atoms with van der Waals surface area (Å²) in [5.41, 5.74) is -0.392. The van der Waals surface area contributed by atoms with E-state index in [1.165, 1.54) is 51.4 Å². The summed E-state index contributed by atoms with van der Waals surface area (Å²) >= 11 is 0. The van der Waals surface area contributed by atoms with Crippen molar-refractivity contribution in [2.45, 2.75) is 90.8 Å². The standard InChI is InChI=1S/C20H35NO2/c1-3-5-6-7-9-17-10-12-20(16-21,13-11-17)19-22-14-18(8-4-2)15-23-19/h17-19H,3-15H2,1-2H3/t17-,18?,19?,20-. The molecule has 1 saturated heterocycles. The van der Waals surface area contributed by atoms with Gasteiger partial charge in [0.2, 0.25) is 0 Å². The van der Waals surface area contributed by atoms with E-state index in [0.29, 0.717) is 5.92 Å². The third-order valence-electron chi connectivity index (χ3n) is 5.80. The highest BCUT2D eigenvalue weighted by atomic mass is 16.7. The number of nitriles is 1. The van der Waals surface area contributed by atoms with Gasteiger partial charge >= 0.3 is 0 Å². The molecule has 0 aromatic rings. The maximum atomic E-state index is 9.79. The zero-order chi connectivity index (χ0) is 16.5. The van der Waals surface area contributed by atoms with E-state index in [9.17, 15) is 5.26 Å². The second-order valence-electron chi connectivity index (χ2n) is 7.71. The zero-order valence-electron chi connectivity index (χ0n) is 15.2. The van der Waals surface area contributed by atoms with Gasteiger partial charge in [-0.1, -0.05) is 52.4 Å². The first kappa shape index (κ1) is 18.7. The highest BCUT2D eigenvalue weighted by Crippen LogP contribution is 2.45. The van der Waals surface area contributed by atoms with Crippen LogP contribution in [0.2, 0.25) is 0 Å². The van der Waals surface area contributed by atoms with Crippen LogP contribution in [-0.2, 0) is 9.47 Å². The Hall–Kier alpha value is -0.590. The molecule has 0 N–H and O–H groups in total. The summed E-state index contributed by atoms with van der Waals surface area (Å²) in [7, 11) is 0. The Balaban J connectivity index is 1.77. The normalized spacial score (nSPS) is 34.9. The third-order valence-corrected chi connectivity index (χ3v) is 5.80. The second-order valence-corrected chi connectivity index (χ2v) is 7.71. The molecule has 1 heterocycles. The summed E-state index contributed by atoms with van der Waals surface area (Å²) in [5, 5.41) is 9.79. The molecule has 2 rings (SSSR count). The molecule has 2 aliphatic rings. The smallest absolute Gasteiger partial charge is 0.176 e. The Morgan fingerprint density at radius 1 is 0.913 bits per heavy atom. The molecule has 3 heteroatoms. The quantitative estimate of drug-likeness (QED) is 0.558. The maximum absolute atomic E-state index is 9.79. The summed E-state index contributed by atoms with van der Waals surface area (Å²) in [5.74, 6) is 1.33. The molecule has 0 aromatic carbocycles. The van der Waals surface area contributed by atoms with E-state index in [4.69, 9.17) is 9.47 Å². The minimum atomic E-state index is -0.392. The first-order valence-corrected chi connectivity index (χ1v) is 9.88. The van der Waals surface area contributed by atoms with Gasteiger partial charge in [0.1, 0.15) is 5.41 Å². The predicted octanol–water partition coefficient (Wildman–Crippen LogP) is 5.45. The Labute approximate surface area is 142 Å². The lowest BCUT2D eigenvalue weighted by Gasteiger charge is -2.42. The molecule has 0 bridgehead atoms. The summed E-state index contributed by atoms with van der Waals surface area (Å²) in [4.78, 5) is 0. The molecule has 0 unspecified atom stereocenters. The fourth-order valence-corrected chi connectivity index (χ4v) is 4.18. The fourth-order valence-electron chi connectivity index (χ4n) is 4.18. The Kier molecular flexibility index (Phi) is 7.86. The average molecular weight is 322 g/mol. The van der Waals surface area contributed by atoms with E-state index in [1.54, 1.807) is 0 Å². The van der Waals surface area contributed by atoms with Crippen LogP contribution >= 0.6 is 0 Å². The van der Waals surface area contributed by atoms with Gasteiger partial charge in [0.25, 0.3) is 0 Å². The molecule has 0 atom stereocenters. The molecular formula is C20H35NO2. The van der Waals surface area contributed by atoms with Crippen LogP contribution in [0.15, 0.2) is 0 Å². The number of hydrogen-bond acceptors (Lipinski definition) is 3. The number of hydrogen-bond donors (Lipinski definition) is 0. The van der Waals surface area contributed by atoms with Crippen molar-refractivity contribution in [3.05, 3.63) is 0 Å². The monoisotopic (exact) mass is 321 g/mol. The number of rotatable bonds is 8. The Bertz CT molecular complexity index is 360. The van der Waals surface area contributed by atoms with Gasteiger partial charge in [-0.25, -0.2) is 0 Å². The van der Waals surface area contributed by atoms with Gasteiger partial charge in [-0.3, -0.25) is 0 Å². The predicted molar refractivity (Wildman–Crippen MR) is 92.9 cm³/mol. The zero-order valence-corrected chi connectivity index (χ0v) is 15.2. The SMILES string of the molecule is CCCCCC[C@H]1CC[C@](C#N)(C2OCC(CCC)CO2)CC1. The lowest BCUT2D eigenvalue weighted by Crippen LogP contribution is -2.45. The van der Waals surface area contributed by atoms with Crippen LogP contribution in [0.5, 0.6) is 0 Å². The average Bonchev–Trinajstić information content (AvgIpc) is 2.60. The van der Waals surface area contributed by atoms with Crippen molar-refractivity contribution >= 4 is 0 Å². The maximum Gasteiger partial charge on any atom is 0.176 e. The van der Waals surface area contributed by atoms with Gasteiger partial charge in [-0.05, 0) is 38.0 Å². The van der Waals surface area contributed by atoms with Crippen LogP contribution in [0.3, 0.4) is 0 Å². The van der Waals surface area contributed by atoms with Crippen LogP contribution in [-0.4, -0.2) is 19.5 Å². The second kappa shape index (κ2) is 9.64. The summed E-state index contributed by atoms with van der Waals surface area (Å²) in [6, 6.07) is 2.58. The molecule has 23 heavy (non-hydrogen) atoms. The molecule has 0 amide bonds. The minimum absolute atomic E-state index is 0.290. The van der Waals surface area contributed by atoms with Crippen molar-refractivity contribution in [1.82, 2.24) is 0 Å². The number of unbranched alkanes of at least 4 members (excludes halogenated alkanes) is 3. The molecule has 2 fully saturated rings. The van der Waals surface area contributed by atoms with Crippen molar-refractivity contribution in [3.8, 4) is 6.07 Å². The lowest BCUT2D eigenvalue weighted by molar-refractivity contribution is -0.247. The van der Waals surface area contributed by atoms with Crippen molar-refractivity contribution in [2.75, 3.05) is 13.2 Å².